The van der Waals surface area contributed by atoms with Gasteiger partial charge < -0.3 is 5.32 Å². The van der Waals surface area contributed by atoms with E-state index in [0.29, 0.717) is 5.92 Å². The molecule has 0 fully saturated rings. The summed E-state index contributed by atoms with van der Waals surface area (Å²) in [6, 6.07) is 19.5. The molecule has 0 aliphatic rings. The first kappa shape index (κ1) is 16.7. The molecule has 0 aliphatic carbocycles. The van der Waals surface area contributed by atoms with E-state index >= 15 is 0 Å². The number of hydrogen-bond acceptors (Lipinski definition) is 1. The Balaban J connectivity index is 0.00000200. The number of hydrogen-bond donors (Lipinski definition) is 1. The number of halogens is 1. The van der Waals surface area contributed by atoms with Gasteiger partial charge in [-0.3, -0.25) is 0 Å². The van der Waals surface area contributed by atoms with Crippen molar-refractivity contribution in [2.75, 3.05) is 6.54 Å². The molecule has 0 aliphatic heterocycles. The van der Waals surface area contributed by atoms with Crippen LogP contribution in [0.5, 0.6) is 0 Å². The van der Waals surface area contributed by atoms with Crippen LogP contribution >= 0.6 is 12.4 Å². The summed E-state index contributed by atoms with van der Waals surface area (Å²) in [7, 11) is 0. The molecule has 0 atom stereocenters. The molecule has 0 unspecified atom stereocenters. The van der Waals surface area contributed by atoms with Crippen molar-refractivity contribution in [3.8, 4) is 0 Å². The van der Waals surface area contributed by atoms with Crippen molar-refractivity contribution in [3.63, 3.8) is 0 Å². The first-order valence-corrected chi connectivity index (χ1v) is 7.09. The summed E-state index contributed by atoms with van der Waals surface area (Å²) >= 11 is 0. The van der Waals surface area contributed by atoms with Crippen molar-refractivity contribution < 1.29 is 0 Å². The molecule has 1 nitrogen and oxygen atoms in total. The van der Waals surface area contributed by atoms with Crippen molar-refractivity contribution >= 4 is 12.4 Å². The predicted molar refractivity (Wildman–Crippen MR) is 89.6 cm³/mol. The van der Waals surface area contributed by atoms with E-state index in [1.54, 1.807) is 0 Å². The molecule has 20 heavy (non-hydrogen) atoms. The Morgan fingerprint density at radius 2 is 1.50 bits per heavy atom. The topological polar surface area (TPSA) is 12.0 Å². The van der Waals surface area contributed by atoms with Gasteiger partial charge in [0.05, 0.1) is 0 Å². The molecule has 2 rings (SSSR count). The average molecular weight is 290 g/mol. The third-order valence-electron chi connectivity index (χ3n) is 3.41. The maximum atomic E-state index is 3.50. The minimum Gasteiger partial charge on any atom is -0.312 e. The third-order valence-corrected chi connectivity index (χ3v) is 3.41. The van der Waals surface area contributed by atoms with Gasteiger partial charge in [-0.05, 0) is 35.6 Å². The van der Waals surface area contributed by atoms with Gasteiger partial charge in [0, 0.05) is 6.54 Å². The van der Waals surface area contributed by atoms with Crippen LogP contribution < -0.4 is 5.32 Å². The van der Waals surface area contributed by atoms with E-state index in [1.165, 1.54) is 16.7 Å². The molecule has 2 aromatic carbocycles. The lowest BCUT2D eigenvalue weighted by atomic mass is 10.0. The molecule has 0 radical (unpaired) electrons. The summed E-state index contributed by atoms with van der Waals surface area (Å²) in [5.74, 6) is 0.611. The Bertz CT molecular complexity index is 477. The molecule has 0 saturated heterocycles. The summed E-state index contributed by atoms with van der Waals surface area (Å²) in [6.45, 7) is 6.43. The molecule has 2 heteroatoms. The molecule has 0 spiro atoms. The highest BCUT2D eigenvalue weighted by Crippen LogP contribution is 2.14. The van der Waals surface area contributed by atoms with Crippen molar-refractivity contribution in [2.45, 2.75) is 32.7 Å². The first-order chi connectivity index (χ1) is 9.25. The van der Waals surface area contributed by atoms with E-state index in [0.717, 1.165) is 19.5 Å². The zero-order valence-corrected chi connectivity index (χ0v) is 13.1. The van der Waals surface area contributed by atoms with Crippen LogP contribution in [-0.4, -0.2) is 6.54 Å². The Hall–Kier alpha value is -1.31. The SMILES string of the molecule is CC(C)c1ccc(CNCCc2ccccc2)cc1.Cl. The van der Waals surface area contributed by atoms with Gasteiger partial charge in [0.25, 0.3) is 0 Å². The number of nitrogens with one attached hydrogen (secondary N) is 1. The van der Waals surface area contributed by atoms with Crippen LogP contribution in [-0.2, 0) is 13.0 Å². The predicted octanol–water partition coefficient (Wildman–Crippen LogP) is 4.56. The summed E-state index contributed by atoms with van der Waals surface area (Å²) in [5.41, 5.74) is 4.16. The van der Waals surface area contributed by atoms with E-state index in [2.05, 4.69) is 73.8 Å². The molecular weight excluding hydrogens is 266 g/mol. The monoisotopic (exact) mass is 289 g/mol. The van der Waals surface area contributed by atoms with Gasteiger partial charge in [-0.15, -0.1) is 12.4 Å². The van der Waals surface area contributed by atoms with E-state index < -0.39 is 0 Å². The summed E-state index contributed by atoms with van der Waals surface area (Å²) in [5, 5.41) is 3.50. The largest absolute Gasteiger partial charge is 0.312 e. The summed E-state index contributed by atoms with van der Waals surface area (Å²) in [6.07, 6.45) is 1.09. The minimum absolute atomic E-state index is 0. The molecule has 1 N–H and O–H groups in total. The summed E-state index contributed by atoms with van der Waals surface area (Å²) < 4.78 is 0. The van der Waals surface area contributed by atoms with E-state index in [9.17, 15) is 0 Å². The Labute approximate surface area is 128 Å². The fraction of sp³-hybridized carbons (Fsp3) is 0.333. The Morgan fingerprint density at radius 3 is 2.10 bits per heavy atom. The lowest BCUT2D eigenvalue weighted by Gasteiger charge is -2.08. The van der Waals surface area contributed by atoms with Gasteiger partial charge in [0.15, 0.2) is 0 Å². The van der Waals surface area contributed by atoms with Crippen molar-refractivity contribution in [1.29, 1.82) is 0 Å². The summed E-state index contributed by atoms with van der Waals surface area (Å²) in [4.78, 5) is 0. The van der Waals surface area contributed by atoms with Gasteiger partial charge >= 0.3 is 0 Å². The molecule has 0 bridgehead atoms. The maximum absolute atomic E-state index is 3.50. The van der Waals surface area contributed by atoms with Gasteiger partial charge in [-0.25, -0.2) is 0 Å². The number of benzene rings is 2. The molecule has 0 saturated carbocycles. The third kappa shape index (κ3) is 5.36. The second kappa shape index (κ2) is 8.78. The standard InChI is InChI=1S/C18H23N.ClH/c1-15(2)18-10-8-17(9-11-18)14-19-13-12-16-6-4-3-5-7-16;/h3-11,15,19H,12-14H2,1-2H3;1H. The Morgan fingerprint density at radius 1 is 0.850 bits per heavy atom. The lowest BCUT2D eigenvalue weighted by Crippen LogP contribution is -2.16. The van der Waals surface area contributed by atoms with Crippen LogP contribution in [0.3, 0.4) is 0 Å². The maximum Gasteiger partial charge on any atom is 0.0205 e. The fourth-order valence-electron chi connectivity index (χ4n) is 2.13. The smallest absolute Gasteiger partial charge is 0.0205 e. The molecular formula is C18H24ClN. The second-order valence-electron chi connectivity index (χ2n) is 5.31. The average Bonchev–Trinajstić information content (AvgIpc) is 2.45. The lowest BCUT2D eigenvalue weighted by molar-refractivity contribution is 0.686. The minimum atomic E-state index is 0. The van der Waals surface area contributed by atoms with Crippen molar-refractivity contribution in [3.05, 3.63) is 71.3 Å². The highest BCUT2D eigenvalue weighted by Gasteiger charge is 1.98. The van der Waals surface area contributed by atoms with Crippen LogP contribution in [0.2, 0.25) is 0 Å². The Kier molecular flexibility index (Phi) is 7.35. The van der Waals surface area contributed by atoms with E-state index in [1.807, 2.05) is 0 Å². The zero-order valence-electron chi connectivity index (χ0n) is 12.3. The van der Waals surface area contributed by atoms with Crippen LogP contribution in [0, 0.1) is 0 Å². The molecule has 108 valence electrons. The second-order valence-corrected chi connectivity index (χ2v) is 5.31. The molecule has 0 aromatic heterocycles. The van der Waals surface area contributed by atoms with Crippen LogP contribution in [0.1, 0.15) is 36.5 Å². The van der Waals surface area contributed by atoms with Gasteiger partial charge in [0.1, 0.15) is 0 Å². The first-order valence-electron chi connectivity index (χ1n) is 7.09. The molecule has 2 aromatic rings. The highest BCUT2D eigenvalue weighted by atomic mass is 35.5. The molecule has 0 amide bonds. The van der Waals surface area contributed by atoms with Crippen LogP contribution in [0.15, 0.2) is 54.6 Å². The van der Waals surface area contributed by atoms with E-state index in [-0.39, 0.29) is 12.4 Å². The quantitative estimate of drug-likeness (QED) is 0.769. The van der Waals surface area contributed by atoms with E-state index in [4.69, 9.17) is 0 Å². The van der Waals surface area contributed by atoms with Crippen LogP contribution in [0.4, 0.5) is 0 Å². The van der Waals surface area contributed by atoms with Crippen molar-refractivity contribution in [1.82, 2.24) is 5.32 Å². The van der Waals surface area contributed by atoms with Crippen molar-refractivity contribution in [2.24, 2.45) is 0 Å². The highest BCUT2D eigenvalue weighted by molar-refractivity contribution is 5.85. The van der Waals surface area contributed by atoms with Crippen LogP contribution in [0.25, 0.3) is 0 Å². The molecule has 0 heterocycles. The normalized spacial score (nSPS) is 10.3. The fourth-order valence-corrected chi connectivity index (χ4v) is 2.13. The number of rotatable bonds is 6. The zero-order chi connectivity index (χ0) is 13.5. The van der Waals surface area contributed by atoms with Gasteiger partial charge in [0.2, 0.25) is 0 Å². The van der Waals surface area contributed by atoms with Gasteiger partial charge in [-0.1, -0.05) is 68.4 Å². The van der Waals surface area contributed by atoms with Gasteiger partial charge in [-0.2, -0.15) is 0 Å².